The van der Waals surface area contributed by atoms with Crippen LogP contribution in [-0.2, 0) is 16.0 Å². The summed E-state index contributed by atoms with van der Waals surface area (Å²) in [7, 11) is 3.40. The van der Waals surface area contributed by atoms with Crippen LogP contribution in [0.2, 0.25) is 0 Å². The summed E-state index contributed by atoms with van der Waals surface area (Å²) < 4.78 is 12.5. The van der Waals surface area contributed by atoms with E-state index < -0.39 is 0 Å². The molecule has 5 nitrogen and oxygen atoms in total. The fourth-order valence-corrected chi connectivity index (χ4v) is 2.45. The van der Waals surface area contributed by atoms with E-state index in [1.165, 1.54) is 11.3 Å². The number of aromatic nitrogens is 2. The van der Waals surface area contributed by atoms with Crippen molar-refractivity contribution >= 4 is 0 Å². The number of hydrogen-bond acceptors (Lipinski definition) is 4. The number of aryl methyl sites for hydroxylation is 2. The number of rotatable bonds is 8. The van der Waals surface area contributed by atoms with Crippen molar-refractivity contribution in [2.75, 3.05) is 27.4 Å². The molecule has 0 saturated heterocycles. The van der Waals surface area contributed by atoms with Crippen LogP contribution in [0.3, 0.4) is 0 Å². The Morgan fingerprint density at radius 2 is 2.00 bits per heavy atom. The Balaban J connectivity index is 2.67. The minimum absolute atomic E-state index is 0.0780. The molecule has 110 valence electrons. The Morgan fingerprint density at radius 3 is 2.47 bits per heavy atom. The first kappa shape index (κ1) is 16.1. The first-order chi connectivity index (χ1) is 9.04. The first-order valence-corrected chi connectivity index (χ1v) is 6.84. The molecular weight excluding hydrogens is 242 g/mol. The summed E-state index contributed by atoms with van der Waals surface area (Å²) >= 11 is 0. The first-order valence-electron chi connectivity index (χ1n) is 6.84. The van der Waals surface area contributed by atoms with Crippen LogP contribution in [0.4, 0.5) is 0 Å². The van der Waals surface area contributed by atoms with Gasteiger partial charge in [0.25, 0.3) is 0 Å². The largest absolute Gasteiger partial charge is 0.382 e. The summed E-state index contributed by atoms with van der Waals surface area (Å²) in [5, 5.41) is 8.05. The maximum atomic E-state index is 5.36. The van der Waals surface area contributed by atoms with Crippen LogP contribution in [-0.4, -0.2) is 43.3 Å². The zero-order chi connectivity index (χ0) is 14.4. The molecule has 0 aliphatic heterocycles. The van der Waals surface area contributed by atoms with Crippen molar-refractivity contribution in [2.24, 2.45) is 0 Å². The molecule has 1 N–H and O–H groups in total. The van der Waals surface area contributed by atoms with Gasteiger partial charge in [-0.1, -0.05) is 0 Å². The molecule has 19 heavy (non-hydrogen) atoms. The van der Waals surface area contributed by atoms with Crippen LogP contribution >= 0.6 is 0 Å². The number of nitrogens with zero attached hydrogens (tertiary/aromatic N) is 2. The smallest absolute Gasteiger partial charge is 0.0928 e. The van der Waals surface area contributed by atoms with Gasteiger partial charge in [0.05, 0.1) is 18.4 Å². The second-order valence-electron chi connectivity index (χ2n) is 4.84. The maximum absolute atomic E-state index is 5.36. The highest BCUT2D eigenvalue weighted by atomic mass is 16.5. The van der Waals surface area contributed by atoms with Crippen molar-refractivity contribution in [3.8, 4) is 0 Å². The summed E-state index contributed by atoms with van der Waals surface area (Å²) in [6.45, 7) is 10.7. The second kappa shape index (κ2) is 7.62. The monoisotopic (exact) mass is 269 g/mol. The molecule has 1 aromatic heterocycles. The summed E-state index contributed by atoms with van der Waals surface area (Å²) in [5.41, 5.74) is 3.62. The molecule has 0 aromatic carbocycles. The van der Waals surface area contributed by atoms with E-state index in [1.54, 1.807) is 14.2 Å². The maximum Gasteiger partial charge on any atom is 0.0928 e. The van der Waals surface area contributed by atoms with E-state index in [2.05, 4.69) is 38.1 Å². The number of nitrogens with one attached hydrogen (secondary N) is 1. The normalized spacial score (nSPS) is 14.6. The van der Waals surface area contributed by atoms with Gasteiger partial charge in [-0.3, -0.25) is 4.68 Å². The fraction of sp³-hybridized carbons (Fsp3) is 0.786. The van der Waals surface area contributed by atoms with Gasteiger partial charge < -0.3 is 14.8 Å². The summed E-state index contributed by atoms with van der Waals surface area (Å²) in [4.78, 5) is 0. The van der Waals surface area contributed by atoms with E-state index in [9.17, 15) is 0 Å². The number of hydrogen-bond donors (Lipinski definition) is 1. The van der Waals surface area contributed by atoms with E-state index in [0.717, 1.165) is 18.8 Å². The highest BCUT2D eigenvalue weighted by Gasteiger charge is 2.18. The molecule has 0 radical (unpaired) electrons. The summed E-state index contributed by atoms with van der Waals surface area (Å²) in [6, 6.07) is 0.259. The lowest BCUT2D eigenvalue weighted by atomic mass is 10.1. The average molecular weight is 269 g/mol. The lowest BCUT2D eigenvalue weighted by molar-refractivity contribution is 0.0276. The van der Waals surface area contributed by atoms with Crippen molar-refractivity contribution in [3.05, 3.63) is 17.0 Å². The van der Waals surface area contributed by atoms with Gasteiger partial charge in [-0.2, -0.15) is 5.10 Å². The Morgan fingerprint density at radius 1 is 1.32 bits per heavy atom. The highest BCUT2D eigenvalue weighted by Crippen LogP contribution is 2.21. The molecule has 1 heterocycles. The molecule has 5 heteroatoms. The lowest BCUT2D eigenvalue weighted by Crippen LogP contribution is -2.33. The predicted octanol–water partition coefficient (Wildman–Crippen LogP) is 1.83. The van der Waals surface area contributed by atoms with Gasteiger partial charge in [-0.15, -0.1) is 0 Å². The SMILES string of the molecule is CCn1nc(C)c(C(C)NCC(COC)OC)c1C. The van der Waals surface area contributed by atoms with Gasteiger partial charge in [0.15, 0.2) is 0 Å². The molecule has 0 amide bonds. The zero-order valence-electron chi connectivity index (χ0n) is 13.0. The van der Waals surface area contributed by atoms with Crippen molar-refractivity contribution in [1.82, 2.24) is 15.1 Å². The van der Waals surface area contributed by atoms with Crippen molar-refractivity contribution in [3.63, 3.8) is 0 Å². The second-order valence-corrected chi connectivity index (χ2v) is 4.84. The molecule has 0 fully saturated rings. The topological polar surface area (TPSA) is 48.3 Å². The van der Waals surface area contributed by atoms with Gasteiger partial charge in [-0.25, -0.2) is 0 Å². The third-order valence-electron chi connectivity index (χ3n) is 3.51. The molecule has 0 aliphatic carbocycles. The van der Waals surface area contributed by atoms with Crippen LogP contribution in [0.15, 0.2) is 0 Å². The molecule has 0 aliphatic rings. The molecule has 0 saturated carbocycles. The van der Waals surface area contributed by atoms with E-state index in [-0.39, 0.29) is 12.1 Å². The molecule has 2 atom stereocenters. The molecule has 1 aromatic rings. The van der Waals surface area contributed by atoms with Crippen molar-refractivity contribution in [2.45, 2.75) is 46.4 Å². The molecule has 1 rings (SSSR count). The minimum atomic E-state index is 0.0780. The summed E-state index contributed by atoms with van der Waals surface area (Å²) in [5.74, 6) is 0. The van der Waals surface area contributed by atoms with E-state index in [0.29, 0.717) is 6.61 Å². The Bertz CT molecular complexity index is 390. The Kier molecular flexibility index (Phi) is 6.48. The Labute approximate surface area is 116 Å². The van der Waals surface area contributed by atoms with Gasteiger partial charge in [-0.05, 0) is 27.7 Å². The zero-order valence-corrected chi connectivity index (χ0v) is 13.0. The van der Waals surface area contributed by atoms with Gasteiger partial charge in [0, 0.05) is 44.6 Å². The Hall–Kier alpha value is -0.910. The molecule has 0 spiro atoms. The lowest BCUT2D eigenvalue weighted by Gasteiger charge is -2.19. The minimum Gasteiger partial charge on any atom is -0.382 e. The van der Waals surface area contributed by atoms with Gasteiger partial charge in [0.1, 0.15) is 0 Å². The molecular formula is C14H27N3O2. The quantitative estimate of drug-likeness (QED) is 0.782. The highest BCUT2D eigenvalue weighted by molar-refractivity contribution is 5.27. The van der Waals surface area contributed by atoms with Crippen LogP contribution in [0, 0.1) is 13.8 Å². The van der Waals surface area contributed by atoms with Crippen LogP contribution in [0.1, 0.15) is 36.8 Å². The van der Waals surface area contributed by atoms with Crippen molar-refractivity contribution in [1.29, 1.82) is 0 Å². The average Bonchev–Trinajstić information content (AvgIpc) is 2.68. The number of ether oxygens (including phenoxy) is 2. The van der Waals surface area contributed by atoms with Crippen LogP contribution < -0.4 is 5.32 Å². The fourth-order valence-electron chi connectivity index (χ4n) is 2.45. The van der Waals surface area contributed by atoms with E-state index in [4.69, 9.17) is 9.47 Å². The van der Waals surface area contributed by atoms with Crippen LogP contribution in [0.25, 0.3) is 0 Å². The summed E-state index contributed by atoms with van der Waals surface area (Å²) in [6.07, 6.45) is 0.0780. The standard InChI is InChI=1S/C14H27N3O2/c1-7-17-12(4)14(11(3)16-17)10(2)15-8-13(19-6)9-18-5/h10,13,15H,7-9H2,1-6H3. The molecule has 2 unspecified atom stereocenters. The van der Waals surface area contributed by atoms with E-state index in [1.807, 2.05) is 4.68 Å². The van der Waals surface area contributed by atoms with Gasteiger partial charge >= 0.3 is 0 Å². The van der Waals surface area contributed by atoms with E-state index >= 15 is 0 Å². The van der Waals surface area contributed by atoms with Crippen LogP contribution in [0.5, 0.6) is 0 Å². The number of methoxy groups -OCH3 is 2. The van der Waals surface area contributed by atoms with Crippen molar-refractivity contribution < 1.29 is 9.47 Å². The third kappa shape index (κ3) is 4.03. The molecule has 0 bridgehead atoms. The third-order valence-corrected chi connectivity index (χ3v) is 3.51. The predicted molar refractivity (Wildman–Crippen MR) is 76.5 cm³/mol. The van der Waals surface area contributed by atoms with Gasteiger partial charge in [0.2, 0.25) is 0 Å².